The molecule has 0 saturated carbocycles. The van der Waals surface area contributed by atoms with E-state index in [2.05, 4.69) is 0 Å². The lowest BCUT2D eigenvalue weighted by atomic mass is 10.1. The molecule has 0 N–H and O–H groups in total. The first-order valence-corrected chi connectivity index (χ1v) is 10.9. The van der Waals surface area contributed by atoms with Crippen LogP contribution in [0, 0.1) is 0 Å². The van der Waals surface area contributed by atoms with Crippen LogP contribution in [0.1, 0.15) is 28.5 Å². The van der Waals surface area contributed by atoms with Gasteiger partial charge in [-0.15, -0.1) is 0 Å². The van der Waals surface area contributed by atoms with Gasteiger partial charge < -0.3 is 4.74 Å². The molecule has 8 heteroatoms. The lowest BCUT2D eigenvalue weighted by Crippen LogP contribution is -2.46. The molecule has 2 aromatic carbocycles. The molecular formula is C21H22N2O5S. The van der Waals surface area contributed by atoms with Crippen LogP contribution in [0.15, 0.2) is 60.8 Å². The predicted octanol–water partition coefficient (Wildman–Crippen LogP) is 3.31. The Balaban J connectivity index is 2.16. The summed E-state index contributed by atoms with van der Waals surface area (Å²) in [6.45, 7) is 1.75. The number of hydrogen-bond donors (Lipinski definition) is 0. The van der Waals surface area contributed by atoms with E-state index >= 15 is 0 Å². The molecule has 7 nitrogen and oxygen atoms in total. The number of aromatic nitrogens is 1. The summed E-state index contributed by atoms with van der Waals surface area (Å²) in [6.07, 6.45) is 2.73. The van der Waals surface area contributed by atoms with E-state index in [0.717, 1.165) is 10.6 Å². The van der Waals surface area contributed by atoms with Crippen molar-refractivity contribution in [2.24, 2.45) is 0 Å². The Kier molecular flexibility index (Phi) is 5.74. The van der Waals surface area contributed by atoms with Crippen molar-refractivity contribution in [2.75, 3.05) is 17.7 Å². The minimum absolute atomic E-state index is 0.247. The quantitative estimate of drug-likeness (QED) is 0.578. The first-order valence-electron chi connectivity index (χ1n) is 9.06. The van der Waals surface area contributed by atoms with Gasteiger partial charge in [-0.2, -0.15) is 0 Å². The van der Waals surface area contributed by atoms with E-state index < -0.39 is 27.9 Å². The molecule has 0 amide bonds. The van der Waals surface area contributed by atoms with Gasteiger partial charge in [0.05, 0.1) is 30.1 Å². The fraction of sp³-hybridized carbons (Fsp3) is 0.238. The van der Waals surface area contributed by atoms with Crippen molar-refractivity contribution in [3.63, 3.8) is 0 Å². The highest BCUT2D eigenvalue weighted by molar-refractivity contribution is 7.92. The van der Waals surface area contributed by atoms with E-state index in [1.54, 1.807) is 61.5 Å². The number of anilines is 1. The molecule has 3 aromatic rings. The van der Waals surface area contributed by atoms with Crippen molar-refractivity contribution in [1.29, 1.82) is 0 Å². The van der Waals surface area contributed by atoms with Crippen molar-refractivity contribution in [3.05, 3.63) is 66.4 Å². The van der Waals surface area contributed by atoms with E-state index in [4.69, 9.17) is 4.74 Å². The molecule has 0 bridgehead atoms. The summed E-state index contributed by atoms with van der Waals surface area (Å²) >= 11 is 0. The maximum absolute atomic E-state index is 13.5. The minimum atomic E-state index is -3.74. The second kappa shape index (κ2) is 8.08. The lowest BCUT2D eigenvalue weighted by Gasteiger charge is -2.30. The standard InChI is InChI=1S/C21H22N2O5S/c1-4-18(23(29(3,26)27)15-10-6-5-7-11-15)20(24)22-14-17(21(25)28-2)16-12-8-9-13-19(16)22/h5-14,18H,4H2,1-3H3. The maximum Gasteiger partial charge on any atom is 0.340 e. The molecule has 0 aliphatic heterocycles. The molecule has 1 heterocycles. The van der Waals surface area contributed by atoms with Crippen LogP contribution in [0.4, 0.5) is 5.69 Å². The molecular weight excluding hydrogens is 392 g/mol. The van der Waals surface area contributed by atoms with Crippen LogP contribution in [0.3, 0.4) is 0 Å². The van der Waals surface area contributed by atoms with Gasteiger partial charge >= 0.3 is 5.97 Å². The zero-order valence-electron chi connectivity index (χ0n) is 16.4. The predicted molar refractivity (Wildman–Crippen MR) is 112 cm³/mol. The SMILES string of the molecule is CCC(C(=O)n1cc(C(=O)OC)c2ccccc21)N(c1ccccc1)S(C)(=O)=O. The Morgan fingerprint density at radius 1 is 1.07 bits per heavy atom. The Bertz CT molecular complexity index is 1150. The van der Waals surface area contributed by atoms with Gasteiger partial charge in [0, 0.05) is 11.6 Å². The molecule has 0 aliphatic carbocycles. The summed E-state index contributed by atoms with van der Waals surface area (Å²) in [5, 5.41) is 0.563. The van der Waals surface area contributed by atoms with Gasteiger partial charge in [0.15, 0.2) is 0 Å². The number of benzene rings is 2. The molecule has 0 aliphatic rings. The number of nitrogens with zero attached hydrogens (tertiary/aromatic N) is 2. The fourth-order valence-corrected chi connectivity index (χ4v) is 4.62. The van der Waals surface area contributed by atoms with Crippen LogP contribution < -0.4 is 4.31 Å². The Morgan fingerprint density at radius 2 is 1.69 bits per heavy atom. The summed E-state index contributed by atoms with van der Waals surface area (Å²) in [5.74, 6) is -1.02. The van der Waals surface area contributed by atoms with Crippen molar-refractivity contribution in [3.8, 4) is 0 Å². The summed E-state index contributed by atoms with van der Waals surface area (Å²) in [4.78, 5) is 25.6. The van der Waals surface area contributed by atoms with Crippen LogP contribution in [-0.2, 0) is 14.8 Å². The van der Waals surface area contributed by atoms with Gasteiger partial charge in [-0.3, -0.25) is 13.7 Å². The van der Waals surface area contributed by atoms with Crippen molar-refractivity contribution in [1.82, 2.24) is 4.57 Å². The molecule has 0 spiro atoms. The molecule has 0 saturated heterocycles. The number of ether oxygens (including phenoxy) is 1. The number of rotatable bonds is 6. The molecule has 1 atom stereocenters. The highest BCUT2D eigenvalue weighted by Crippen LogP contribution is 2.27. The van der Waals surface area contributed by atoms with Crippen molar-refractivity contribution >= 4 is 38.5 Å². The highest BCUT2D eigenvalue weighted by Gasteiger charge is 2.33. The van der Waals surface area contributed by atoms with Gasteiger partial charge in [-0.25, -0.2) is 13.2 Å². The second-order valence-corrected chi connectivity index (χ2v) is 8.44. The molecule has 1 unspecified atom stereocenters. The van der Waals surface area contributed by atoms with E-state index in [-0.39, 0.29) is 12.0 Å². The Hall–Kier alpha value is -3.13. The zero-order valence-corrected chi connectivity index (χ0v) is 17.2. The smallest absolute Gasteiger partial charge is 0.340 e. The number of sulfonamides is 1. The van der Waals surface area contributed by atoms with Crippen LogP contribution in [0.5, 0.6) is 0 Å². The van der Waals surface area contributed by atoms with Crippen LogP contribution in [-0.4, -0.2) is 44.3 Å². The van der Waals surface area contributed by atoms with E-state index in [0.29, 0.717) is 16.6 Å². The highest BCUT2D eigenvalue weighted by atomic mass is 32.2. The first kappa shape index (κ1) is 20.6. The molecule has 152 valence electrons. The zero-order chi connectivity index (χ0) is 21.2. The molecule has 1 aromatic heterocycles. The number of esters is 1. The number of hydrogen-bond acceptors (Lipinski definition) is 5. The second-order valence-electron chi connectivity index (χ2n) is 6.58. The Labute approximate surface area is 169 Å². The average Bonchev–Trinajstić information content (AvgIpc) is 3.10. The lowest BCUT2D eigenvalue weighted by molar-refractivity contribution is 0.0603. The average molecular weight is 414 g/mol. The van der Waals surface area contributed by atoms with Gasteiger partial charge in [0.2, 0.25) is 10.0 Å². The number of fused-ring (bicyclic) bond motifs is 1. The van der Waals surface area contributed by atoms with Gasteiger partial charge in [-0.1, -0.05) is 43.3 Å². The first-order chi connectivity index (χ1) is 13.8. The van der Waals surface area contributed by atoms with Crippen LogP contribution in [0.2, 0.25) is 0 Å². The molecule has 3 rings (SSSR count). The summed E-state index contributed by atoms with van der Waals surface area (Å²) in [5.41, 5.74) is 1.16. The summed E-state index contributed by atoms with van der Waals surface area (Å²) < 4.78 is 32.4. The fourth-order valence-electron chi connectivity index (χ4n) is 3.41. The monoisotopic (exact) mass is 414 g/mol. The largest absolute Gasteiger partial charge is 0.465 e. The number of carbonyl (C=O) groups is 2. The third kappa shape index (κ3) is 3.88. The molecule has 29 heavy (non-hydrogen) atoms. The molecule has 0 fully saturated rings. The van der Waals surface area contributed by atoms with Crippen LogP contribution >= 0.6 is 0 Å². The Morgan fingerprint density at radius 3 is 2.28 bits per heavy atom. The van der Waals surface area contributed by atoms with Crippen molar-refractivity contribution < 1.29 is 22.7 Å². The molecule has 0 radical (unpaired) electrons. The summed E-state index contributed by atoms with van der Waals surface area (Å²) in [6, 6.07) is 14.4. The van der Waals surface area contributed by atoms with E-state index in [9.17, 15) is 18.0 Å². The van der Waals surface area contributed by atoms with E-state index in [1.165, 1.54) is 17.9 Å². The van der Waals surface area contributed by atoms with Gasteiger partial charge in [0.25, 0.3) is 5.91 Å². The number of methoxy groups -OCH3 is 1. The van der Waals surface area contributed by atoms with Gasteiger partial charge in [-0.05, 0) is 24.6 Å². The third-order valence-corrected chi connectivity index (χ3v) is 5.86. The minimum Gasteiger partial charge on any atom is -0.465 e. The van der Waals surface area contributed by atoms with Crippen molar-refractivity contribution in [2.45, 2.75) is 19.4 Å². The number of carbonyl (C=O) groups excluding carboxylic acids is 2. The summed E-state index contributed by atoms with van der Waals surface area (Å²) in [7, 11) is -2.47. The normalized spacial score (nSPS) is 12.5. The maximum atomic E-state index is 13.5. The topological polar surface area (TPSA) is 85.7 Å². The number of para-hydroxylation sites is 2. The van der Waals surface area contributed by atoms with Crippen LogP contribution in [0.25, 0.3) is 10.9 Å². The van der Waals surface area contributed by atoms with Gasteiger partial charge in [0.1, 0.15) is 6.04 Å². The van der Waals surface area contributed by atoms with E-state index in [1.807, 2.05) is 0 Å². The third-order valence-electron chi connectivity index (χ3n) is 4.68.